The molecule has 1 unspecified atom stereocenters. The highest BCUT2D eigenvalue weighted by atomic mass is 35.5. The lowest BCUT2D eigenvalue weighted by Gasteiger charge is -2.24. The number of carbonyl (C=O) groups is 1. The lowest BCUT2D eigenvalue weighted by atomic mass is 10.1. The van der Waals surface area contributed by atoms with E-state index < -0.39 is 15.9 Å². The minimum absolute atomic E-state index is 0.0967. The van der Waals surface area contributed by atoms with Crippen LogP contribution in [0.2, 0.25) is 5.02 Å². The van der Waals surface area contributed by atoms with Gasteiger partial charge in [0.2, 0.25) is 15.9 Å². The van der Waals surface area contributed by atoms with Crippen LogP contribution in [-0.4, -0.2) is 44.4 Å². The van der Waals surface area contributed by atoms with Gasteiger partial charge in [-0.2, -0.15) is 4.31 Å². The van der Waals surface area contributed by atoms with Gasteiger partial charge >= 0.3 is 0 Å². The van der Waals surface area contributed by atoms with Gasteiger partial charge in [0.25, 0.3) is 0 Å². The van der Waals surface area contributed by atoms with Gasteiger partial charge in [0.1, 0.15) is 0 Å². The average molecular weight is 437 g/mol. The summed E-state index contributed by atoms with van der Waals surface area (Å²) in [5.41, 5.74) is 2.68. The molecular weight excluding hydrogens is 412 g/mol. The Balaban J connectivity index is 1.82. The SMILES string of the molecule is Cc1cccc(NC(=O)CN(CC2CCCO2)S(=O)(=O)c2ccc(Cl)cc2)c1C. The van der Waals surface area contributed by atoms with Crippen LogP contribution < -0.4 is 5.32 Å². The van der Waals surface area contributed by atoms with Gasteiger partial charge in [-0.3, -0.25) is 4.79 Å². The van der Waals surface area contributed by atoms with Crippen molar-refractivity contribution in [1.82, 2.24) is 4.31 Å². The van der Waals surface area contributed by atoms with Crippen LogP contribution in [0.5, 0.6) is 0 Å². The maximum Gasteiger partial charge on any atom is 0.243 e. The Bertz CT molecular complexity index is 971. The predicted octanol–water partition coefficient (Wildman–Crippen LogP) is 3.77. The Morgan fingerprint density at radius 2 is 1.93 bits per heavy atom. The molecule has 3 rings (SSSR count). The summed E-state index contributed by atoms with van der Waals surface area (Å²) in [6.45, 7) is 4.32. The number of rotatable bonds is 7. The highest BCUT2D eigenvalue weighted by molar-refractivity contribution is 7.89. The zero-order valence-corrected chi connectivity index (χ0v) is 18.1. The van der Waals surface area contributed by atoms with Crippen molar-refractivity contribution < 1.29 is 17.9 Å². The molecule has 1 saturated heterocycles. The molecule has 0 aliphatic carbocycles. The van der Waals surface area contributed by atoms with Crippen molar-refractivity contribution in [3.8, 4) is 0 Å². The van der Waals surface area contributed by atoms with Gasteiger partial charge in [0, 0.05) is 23.9 Å². The Kier molecular flexibility index (Phi) is 6.95. The molecule has 1 amide bonds. The van der Waals surface area contributed by atoms with E-state index in [2.05, 4.69) is 5.32 Å². The second-order valence-electron chi connectivity index (χ2n) is 7.18. The van der Waals surface area contributed by atoms with Crippen LogP contribution in [-0.2, 0) is 19.6 Å². The summed E-state index contributed by atoms with van der Waals surface area (Å²) in [5, 5.41) is 3.28. The molecular formula is C21H25ClN2O4S. The Morgan fingerprint density at radius 1 is 1.21 bits per heavy atom. The molecule has 1 aliphatic heterocycles. The van der Waals surface area contributed by atoms with Gasteiger partial charge < -0.3 is 10.1 Å². The third-order valence-electron chi connectivity index (χ3n) is 5.08. The van der Waals surface area contributed by atoms with E-state index in [9.17, 15) is 13.2 Å². The first kappa shape index (κ1) is 21.8. The maximum absolute atomic E-state index is 13.2. The number of sulfonamides is 1. The highest BCUT2D eigenvalue weighted by Gasteiger charge is 2.31. The molecule has 2 aromatic carbocycles. The fraction of sp³-hybridized carbons (Fsp3) is 0.381. The average Bonchev–Trinajstić information content (AvgIpc) is 3.18. The number of amides is 1. The second kappa shape index (κ2) is 9.26. The van der Waals surface area contributed by atoms with Crippen molar-refractivity contribution in [3.05, 3.63) is 58.6 Å². The van der Waals surface area contributed by atoms with Crippen LogP contribution in [0.3, 0.4) is 0 Å². The summed E-state index contributed by atoms with van der Waals surface area (Å²) in [6, 6.07) is 11.6. The first-order valence-electron chi connectivity index (χ1n) is 9.51. The molecule has 1 fully saturated rings. The van der Waals surface area contributed by atoms with E-state index in [-0.39, 0.29) is 24.1 Å². The van der Waals surface area contributed by atoms with Crippen molar-refractivity contribution in [2.45, 2.75) is 37.7 Å². The minimum Gasteiger partial charge on any atom is -0.377 e. The molecule has 1 N–H and O–H groups in total. The number of benzene rings is 2. The number of nitrogens with zero attached hydrogens (tertiary/aromatic N) is 1. The number of hydrogen-bond donors (Lipinski definition) is 1. The fourth-order valence-electron chi connectivity index (χ4n) is 3.26. The Labute approximate surface area is 176 Å². The second-order valence-corrected chi connectivity index (χ2v) is 9.56. The molecule has 0 aromatic heterocycles. The molecule has 0 spiro atoms. The number of carbonyl (C=O) groups excluding carboxylic acids is 1. The summed E-state index contributed by atoms with van der Waals surface area (Å²) < 4.78 is 33.2. The fourth-order valence-corrected chi connectivity index (χ4v) is 4.81. The smallest absolute Gasteiger partial charge is 0.243 e. The Morgan fingerprint density at radius 3 is 2.59 bits per heavy atom. The summed E-state index contributed by atoms with van der Waals surface area (Å²) in [5.74, 6) is -0.394. The molecule has 1 aliphatic rings. The zero-order valence-electron chi connectivity index (χ0n) is 16.5. The van der Waals surface area contributed by atoms with Gasteiger partial charge in [-0.1, -0.05) is 23.7 Å². The molecule has 8 heteroatoms. The van der Waals surface area contributed by atoms with Crippen molar-refractivity contribution in [2.75, 3.05) is 25.0 Å². The van der Waals surface area contributed by atoms with Crippen LogP contribution >= 0.6 is 11.6 Å². The molecule has 156 valence electrons. The lowest BCUT2D eigenvalue weighted by Crippen LogP contribution is -2.42. The van der Waals surface area contributed by atoms with Crippen LogP contribution in [0, 0.1) is 13.8 Å². The number of aryl methyl sites for hydroxylation is 1. The van der Waals surface area contributed by atoms with Gasteiger partial charge in [0.15, 0.2) is 0 Å². The van der Waals surface area contributed by atoms with Crippen molar-refractivity contribution in [3.63, 3.8) is 0 Å². The van der Waals surface area contributed by atoms with E-state index in [0.29, 0.717) is 17.3 Å². The molecule has 0 saturated carbocycles. The highest BCUT2D eigenvalue weighted by Crippen LogP contribution is 2.22. The summed E-state index contributed by atoms with van der Waals surface area (Å²) in [4.78, 5) is 12.8. The molecule has 1 heterocycles. The quantitative estimate of drug-likeness (QED) is 0.716. The number of halogens is 1. The van der Waals surface area contributed by atoms with E-state index >= 15 is 0 Å². The molecule has 29 heavy (non-hydrogen) atoms. The van der Waals surface area contributed by atoms with Crippen LogP contribution in [0.1, 0.15) is 24.0 Å². The normalized spacial score (nSPS) is 16.9. The number of anilines is 1. The first-order chi connectivity index (χ1) is 13.8. The molecule has 0 radical (unpaired) electrons. The minimum atomic E-state index is -3.88. The van der Waals surface area contributed by atoms with E-state index in [1.165, 1.54) is 28.6 Å². The van der Waals surface area contributed by atoms with E-state index in [1.54, 1.807) is 6.07 Å². The van der Waals surface area contributed by atoms with Gasteiger partial charge in [0.05, 0.1) is 17.5 Å². The molecule has 6 nitrogen and oxygen atoms in total. The summed E-state index contributed by atoms with van der Waals surface area (Å²) >= 11 is 5.89. The van der Waals surface area contributed by atoms with Gasteiger partial charge in [-0.15, -0.1) is 0 Å². The standard InChI is InChI=1S/C21H25ClN2O4S/c1-15-5-3-7-20(16(15)2)23-21(25)14-24(13-18-6-4-12-28-18)29(26,27)19-10-8-17(22)9-11-19/h3,5,7-11,18H,4,6,12-14H2,1-2H3,(H,23,25). The van der Waals surface area contributed by atoms with E-state index in [0.717, 1.165) is 24.0 Å². The number of hydrogen-bond acceptors (Lipinski definition) is 4. The summed E-state index contributed by atoms with van der Waals surface area (Å²) in [6.07, 6.45) is 1.44. The summed E-state index contributed by atoms with van der Waals surface area (Å²) in [7, 11) is -3.88. The van der Waals surface area contributed by atoms with E-state index in [1.807, 2.05) is 26.0 Å². The largest absolute Gasteiger partial charge is 0.377 e. The number of ether oxygens (including phenoxy) is 1. The maximum atomic E-state index is 13.2. The third-order valence-corrected chi connectivity index (χ3v) is 7.16. The van der Waals surface area contributed by atoms with E-state index in [4.69, 9.17) is 16.3 Å². The zero-order chi connectivity index (χ0) is 21.0. The predicted molar refractivity (Wildman–Crippen MR) is 114 cm³/mol. The molecule has 0 bridgehead atoms. The lowest BCUT2D eigenvalue weighted by molar-refractivity contribution is -0.116. The van der Waals surface area contributed by atoms with Crippen LogP contribution in [0.4, 0.5) is 5.69 Å². The Hall–Kier alpha value is -1.93. The topological polar surface area (TPSA) is 75.7 Å². The van der Waals surface area contributed by atoms with Gasteiger partial charge in [-0.25, -0.2) is 8.42 Å². The number of nitrogens with one attached hydrogen (secondary N) is 1. The van der Waals surface area contributed by atoms with Crippen LogP contribution in [0.25, 0.3) is 0 Å². The van der Waals surface area contributed by atoms with Crippen molar-refractivity contribution in [1.29, 1.82) is 0 Å². The first-order valence-corrected chi connectivity index (χ1v) is 11.3. The monoisotopic (exact) mass is 436 g/mol. The molecule has 2 aromatic rings. The van der Waals surface area contributed by atoms with Crippen molar-refractivity contribution in [2.24, 2.45) is 0 Å². The third kappa shape index (κ3) is 5.36. The van der Waals surface area contributed by atoms with Gasteiger partial charge in [-0.05, 0) is 68.1 Å². The molecule has 1 atom stereocenters. The van der Waals surface area contributed by atoms with Crippen LogP contribution in [0.15, 0.2) is 47.4 Å². The van der Waals surface area contributed by atoms with Crippen molar-refractivity contribution >= 4 is 33.2 Å².